The predicted octanol–water partition coefficient (Wildman–Crippen LogP) is 2.64. The Balaban J connectivity index is 2.44. The van der Waals surface area contributed by atoms with Crippen molar-refractivity contribution in [1.29, 1.82) is 0 Å². The van der Waals surface area contributed by atoms with Crippen molar-refractivity contribution in [2.45, 2.75) is 6.92 Å². The molecule has 0 radical (unpaired) electrons. The van der Waals surface area contributed by atoms with Gasteiger partial charge in [-0.15, -0.1) is 0 Å². The third-order valence-electron chi connectivity index (χ3n) is 2.26. The Labute approximate surface area is 93.1 Å². The Morgan fingerprint density at radius 3 is 2.88 bits per heavy atom. The van der Waals surface area contributed by atoms with Gasteiger partial charge in [0.1, 0.15) is 0 Å². The summed E-state index contributed by atoms with van der Waals surface area (Å²) in [5, 5.41) is 9.57. The minimum atomic E-state index is -0.967. The summed E-state index contributed by atoms with van der Waals surface area (Å²) in [5.41, 5.74) is 2.71. The lowest BCUT2D eigenvalue weighted by Gasteiger charge is -1.99. The van der Waals surface area contributed by atoms with Crippen LogP contribution in [0.5, 0.6) is 0 Å². The first-order valence-corrected chi connectivity index (χ1v) is 4.93. The molecular weight excluding hydrogens is 202 g/mol. The molecule has 1 aromatic carbocycles. The number of carboxylic acids is 1. The highest BCUT2D eigenvalue weighted by atomic mass is 16.4. The highest BCUT2D eigenvalue weighted by Crippen LogP contribution is 2.14. The summed E-state index contributed by atoms with van der Waals surface area (Å²) in [6.45, 7) is 2.03. The van der Waals surface area contributed by atoms with Gasteiger partial charge in [0.05, 0.1) is 11.2 Å². The van der Waals surface area contributed by atoms with Crippen molar-refractivity contribution in [3.05, 3.63) is 47.7 Å². The average Bonchev–Trinajstić information content (AvgIpc) is 2.26. The van der Waals surface area contributed by atoms with Crippen LogP contribution in [0.2, 0.25) is 0 Å². The van der Waals surface area contributed by atoms with Gasteiger partial charge in [-0.25, -0.2) is 9.78 Å². The molecule has 0 aliphatic carbocycles. The van der Waals surface area contributed by atoms with Gasteiger partial charge in [-0.3, -0.25) is 0 Å². The Hall–Kier alpha value is -2.16. The Kier molecular flexibility index (Phi) is 2.68. The topological polar surface area (TPSA) is 50.2 Å². The number of aromatic nitrogens is 1. The molecule has 0 fully saturated rings. The monoisotopic (exact) mass is 213 g/mol. The van der Waals surface area contributed by atoms with Gasteiger partial charge >= 0.3 is 5.97 Å². The molecule has 0 bridgehead atoms. The Bertz CT molecular complexity index is 573. The number of carboxylic acid groups (broad SMARTS) is 1. The first-order valence-electron chi connectivity index (χ1n) is 4.93. The number of nitrogens with zero attached hydrogens (tertiary/aromatic N) is 1. The summed E-state index contributed by atoms with van der Waals surface area (Å²) in [4.78, 5) is 14.7. The average molecular weight is 213 g/mol. The van der Waals surface area contributed by atoms with Crippen molar-refractivity contribution in [1.82, 2.24) is 4.98 Å². The molecule has 1 aromatic heterocycles. The van der Waals surface area contributed by atoms with Crippen molar-refractivity contribution in [2.75, 3.05) is 0 Å². The first kappa shape index (κ1) is 10.4. The third kappa shape index (κ3) is 2.25. The van der Waals surface area contributed by atoms with E-state index in [1.54, 1.807) is 6.07 Å². The number of fused-ring (bicyclic) bond motifs is 1. The van der Waals surface area contributed by atoms with E-state index in [0.717, 1.165) is 17.0 Å². The van der Waals surface area contributed by atoms with Gasteiger partial charge in [-0.2, -0.15) is 0 Å². The van der Waals surface area contributed by atoms with Crippen LogP contribution in [0.1, 0.15) is 11.3 Å². The fourth-order valence-corrected chi connectivity index (χ4v) is 1.51. The molecule has 16 heavy (non-hydrogen) atoms. The van der Waals surface area contributed by atoms with Crippen LogP contribution < -0.4 is 0 Å². The number of pyridine rings is 1. The second-order valence-electron chi connectivity index (χ2n) is 3.60. The van der Waals surface area contributed by atoms with Gasteiger partial charge in [0, 0.05) is 11.5 Å². The van der Waals surface area contributed by atoms with Gasteiger partial charge < -0.3 is 5.11 Å². The van der Waals surface area contributed by atoms with Crippen LogP contribution in [0, 0.1) is 6.92 Å². The molecule has 0 aliphatic heterocycles. The Morgan fingerprint density at radius 2 is 2.12 bits per heavy atom. The van der Waals surface area contributed by atoms with E-state index >= 15 is 0 Å². The van der Waals surface area contributed by atoms with Crippen molar-refractivity contribution < 1.29 is 9.90 Å². The van der Waals surface area contributed by atoms with Gasteiger partial charge in [0.15, 0.2) is 0 Å². The largest absolute Gasteiger partial charge is 0.478 e. The standard InChI is InChI=1S/C13H11NO2/c1-9-2-6-12-10(8-9)3-4-11(14-12)5-7-13(15)16/h2-8H,1H3,(H,15,16)/b7-5+. The van der Waals surface area contributed by atoms with Gasteiger partial charge in [0.25, 0.3) is 0 Å². The fourth-order valence-electron chi connectivity index (χ4n) is 1.51. The lowest BCUT2D eigenvalue weighted by atomic mass is 10.1. The maximum atomic E-state index is 10.4. The molecular formula is C13H11NO2. The number of hydrogen-bond donors (Lipinski definition) is 1. The maximum Gasteiger partial charge on any atom is 0.328 e. The number of aryl methyl sites for hydroxylation is 1. The summed E-state index contributed by atoms with van der Waals surface area (Å²) < 4.78 is 0. The number of aliphatic carboxylic acids is 1. The highest BCUT2D eigenvalue weighted by Gasteiger charge is 1.96. The smallest absolute Gasteiger partial charge is 0.328 e. The SMILES string of the molecule is Cc1ccc2nc(/C=C/C(=O)O)ccc2c1. The molecule has 1 heterocycles. The molecule has 2 aromatic rings. The minimum Gasteiger partial charge on any atom is -0.478 e. The number of benzene rings is 1. The van der Waals surface area contributed by atoms with Gasteiger partial charge in [0.2, 0.25) is 0 Å². The summed E-state index contributed by atoms with van der Waals surface area (Å²) in [5.74, 6) is -0.967. The third-order valence-corrected chi connectivity index (χ3v) is 2.26. The van der Waals surface area contributed by atoms with Crippen molar-refractivity contribution in [3.63, 3.8) is 0 Å². The van der Waals surface area contributed by atoms with Gasteiger partial charge in [-0.1, -0.05) is 17.7 Å². The molecule has 80 valence electrons. The molecule has 2 rings (SSSR count). The molecule has 0 spiro atoms. The number of hydrogen-bond acceptors (Lipinski definition) is 2. The van der Waals surface area contributed by atoms with E-state index in [1.807, 2.05) is 31.2 Å². The second-order valence-corrected chi connectivity index (χ2v) is 3.60. The van der Waals surface area contributed by atoms with Crippen molar-refractivity contribution >= 4 is 22.9 Å². The highest BCUT2D eigenvalue weighted by molar-refractivity contribution is 5.86. The molecule has 3 heteroatoms. The second kappa shape index (κ2) is 4.14. The predicted molar refractivity (Wildman–Crippen MR) is 63.1 cm³/mol. The zero-order chi connectivity index (χ0) is 11.5. The van der Waals surface area contributed by atoms with Crippen LogP contribution >= 0.6 is 0 Å². The van der Waals surface area contributed by atoms with Crippen LogP contribution in [-0.4, -0.2) is 16.1 Å². The summed E-state index contributed by atoms with van der Waals surface area (Å²) in [7, 11) is 0. The van der Waals surface area contributed by atoms with E-state index in [9.17, 15) is 4.79 Å². The van der Waals surface area contributed by atoms with E-state index in [2.05, 4.69) is 4.98 Å². The van der Waals surface area contributed by atoms with E-state index in [1.165, 1.54) is 11.6 Å². The zero-order valence-corrected chi connectivity index (χ0v) is 8.84. The van der Waals surface area contributed by atoms with Crippen LogP contribution in [0.25, 0.3) is 17.0 Å². The molecule has 0 aliphatic rings. The molecule has 0 saturated heterocycles. The summed E-state index contributed by atoms with van der Waals surface area (Å²) >= 11 is 0. The first-order chi connectivity index (χ1) is 7.65. The van der Waals surface area contributed by atoms with Gasteiger partial charge in [-0.05, 0) is 31.2 Å². The molecule has 3 nitrogen and oxygen atoms in total. The van der Waals surface area contributed by atoms with E-state index in [-0.39, 0.29) is 0 Å². The number of carbonyl (C=O) groups is 1. The van der Waals surface area contributed by atoms with Crippen LogP contribution in [0.3, 0.4) is 0 Å². The van der Waals surface area contributed by atoms with E-state index in [4.69, 9.17) is 5.11 Å². The molecule has 0 saturated carbocycles. The molecule has 1 N–H and O–H groups in total. The molecule has 0 unspecified atom stereocenters. The summed E-state index contributed by atoms with van der Waals surface area (Å²) in [6, 6.07) is 9.72. The maximum absolute atomic E-state index is 10.4. The molecule has 0 amide bonds. The number of rotatable bonds is 2. The quantitative estimate of drug-likeness (QED) is 0.780. The van der Waals surface area contributed by atoms with E-state index < -0.39 is 5.97 Å². The fraction of sp³-hybridized carbons (Fsp3) is 0.0769. The van der Waals surface area contributed by atoms with Crippen LogP contribution in [0.4, 0.5) is 0 Å². The van der Waals surface area contributed by atoms with Crippen LogP contribution in [0.15, 0.2) is 36.4 Å². The lowest BCUT2D eigenvalue weighted by molar-refractivity contribution is -0.131. The zero-order valence-electron chi connectivity index (χ0n) is 8.84. The normalized spacial score (nSPS) is 11.1. The van der Waals surface area contributed by atoms with Crippen LogP contribution in [-0.2, 0) is 4.79 Å². The Morgan fingerprint density at radius 1 is 1.31 bits per heavy atom. The van der Waals surface area contributed by atoms with E-state index in [0.29, 0.717) is 5.69 Å². The molecule has 0 atom stereocenters. The minimum absolute atomic E-state index is 0.652. The van der Waals surface area contributed by atoms with Crippen molar-refractivity contribution in [2.24, 2.45) is 0 Å². The van der Waals surface area contributed by atoms with Crippen molar-refractivity contribution in [3.8, 4) is 0 Å². The lowest BCUT2D eigenvalue weighted by Crippen LogP contribution is -1.88. The summed E-state index contributed by atoms with van der Waals surface area (Å²) in [6.07, 6.45) is 2.57.